The van der Waals surface area contributed by atoms with E-state index in [1.54, 1.807) is 6.92 Å². The number of phenolic OH excluding ortho intramolecular Hbond substituents is 1. The van der Waals surface area contributed by atoms with Gasteiger partial charge in [-0.1, -0.05) is 19.8 Å². The SMILES string of the molecule is C/C(=N\NC(=S)N[C@H]1CCCC[C@@H]1C)c1cc(F)ccc1O. The van der Waals surface area contributed by atoms with E-state index in [9.17, 15) is 9.50 Å². The first-order valence-electron chi connectivity index (χ1n) is 7.57. The highest BCUT2D eigenvalue weighted by Gasteiger charge is 2.21. The molecule has 1 aromatic rings. The molecule has 0 aliphatic heterocycles. The smallest absolute Gasteiger partial charge is 0.187 e. The van der Waals surface area contributed by atoms with Crippen LogP contribution in [0.1, 0.15) is 45.1 Å². The normalized spacial score (nSPS) is 22.2. The van der Waals surface area contributed by atoms with Gasteiger partial charge in [0, 0.05) is 11.6 Å². The van der Waals surface area contributed by atoms with Gasteiger partial charge in [0.1, 0.15) is 11.6 Å². The van der Waals surface area contributed by atoms with Crippen molar-refractivity contribution >= 4 is 23.0 Å². The number of benzene rings is 1. The van der Waals surface area contributed by atoms with Gasteiger partial charge in [-0.3, -0.25) is 5.43 Å². The van der Waals surface area contributed by atoms with Crippen molar-refractivity contribution in [2.75, 3.05) is 0 Å². The monoisotopic (exact) mass is 323 g/mol. The largest absolute Gasteiger partial charge is 0.507 e. The van der Waals surface area contributed by atoms with E-state index in [2.05, 4.69) is 22.8 Å². The Morgan fingerprint density at radius 2 is 2.09 bits per heavy atom. The van der Waals surface area contributed by atoms with E-state index in [-0.39, 0.29) is 5.75 Å². The lowest BCUT2D eigenvalue weighted by Gasteiger charge is -2.30. The van der Waals surface area contributed by atoms with Gasteiger partial charge in [0.05, 0.1) is 5.71 Å². The lowest BCUT2D eigenvalue weighted by atomic mass is 9.86. The summed E-state index contributed by atoms with van der Waals surface area (Å²) in [6.45, 7) is 3.91. The molecule has 22 heavy (non-hydrogen) atoms. The molecule has 0 radical (unpaired) electrons. The van der Waals surface area contributed by atoms with E-state index in [4.69, 9.17) is 12.2 Å². The molecule has 1 aliphatic carbocycles. The van der Waals surface area contributed by atoms with Crippen LogP contribution in [0.15, 0.2) is 23.3 Å². The first kappa shape index (κ1) is 16.7. The van der Waals surface area contributed by atoms with Gasteiger partial charge in [-0.25, -0.2) is 4.39 Å². The number of aromatic hydroxyl groups is 1. The van der Waals surface area contributed by atoms with Gasteiger partial charge in [-0.15, -0.1) is 0 Å². The second-order valence-electron chi connectivity index (χ2n) is 5.81. The zero-order chi connectivity index (χ0) is 16.1. The van der Waals surface area contributed by atoms with Gasteiger partial charge in [-0.05, 0) is 56.1 Å². The Labute approximate surface area is 135 Å². The molecule has 1 aromatic carbocycles. The molecule has 3 N–H and O–H groups in total. The quantitative estimate of drug-likeness (QED) is 0.454. The van der Waals surface area contributed by atoms with Crippen LogP contribution in [-0.4, -0.2) is 22.0 Å². The lowest BCUT2D eigenvalue weighted by Crippen LogP contribution is -2.44. The molecule has 2 rings (SSSR count). The average Bonchev–Trinajstić information content (AvgIpc) is 2.49. The fourth-order valence-corrected chi connectivity index (χ4v) is 2.92. The first-order valence-corrected chi connectivity index (χ1v) is 7.98. The number of halogens is 1. The summed E-state index contributed by atoms with van der Waals surface area (Å²) in [6.07, 6.45) is 4.80. The Kier molecular flexibility index (Phi) is 5.71. The van der Waals surface area contributed by atoms with Crippen molar-refractivity contribution in [1.82, 2.24) is 10.7 Å². The molecule has 1 aliphatic rings. The molecule has 1 fully saturated rings. The van der Waals surface area contributed by atoms with E-state index < -0.39 is 5.82 Å². The molecule has 0 bridgehead atoms. The van der Waals surface area contributed by atoms with Crippen LogP contribution in [0.5, 0.6) is 5.75 Å². The number of nitrogens with one attached hydrogen (secondary N) is 2. The van der Waals surface area contributed by atoms with Crippen molar-refractivity contribution < 1.29 is 9.50 Å². The number of rotatable bonds is 3. The molecule has 2 atom stereocenters. The molecular weight excluding hydrogens is 301 g/mol. The Hall–Kier alpha value is -1.69. The standard InChI is InChI=1S/C16H22FN3OS/c1-10-5-3-4-6-14(10)18-16(22)20-19-11(2)13-9-12(17)7-8-15(13)21/h7-10,14,21H,3-6H2,1-2H3,(H2,18,20,22)/b19-11+/t10-,14-/m0/s1. The van der Waals surface area contributed by atoms with Crippen molar-refractivity contribution in [3.05, 3.63) is 29.6 Å². The number of phenols is 1. The topological polar surface area (TPSA) is 56.7 Å². The third kappa shape index (κ3) is 4.40. The highest BCUT2D eigenvalue weighted by molar-refractivity contribution is 7.80. The van der Waals surface area contributed by atoms with Crippen molar-refractivity contribution in [1.29, 1.82) is 0 Å². The number of thiocarbonyl (C=S) groups is 1. The summed E-state index contributed by atoms with van der Waals surface area (Å²) in [5.74, 6) is 0.161. The number of hydrogen-bond donors (Lipinski definition) is 3. The maximum Gasteiger partial charge on any atom is 0.187 e. The zero-order valence-corrected chi connectivity index (χ0v) is 13.7. The van der Waals surface area contributed by atoms with Gasteiger partial charge in [0.25, 0.3) is 0 Å². The van der Waals surface area contributed by atoms with Gasteiger partial charge < -0.3 is 10.4 Å². The Morgan fingerprint density at radius 3 is 2.82 bits per heavy atom. The second kappa shape index (κ2) is 7.54. The molecular formula is C16H22FN3OS. The van der Waals surface area contributed by atoms with Crippen molar-refractivity contribution in [2.24, 2.45) is 11.0 Å². The number of hydrazone groups is 1. The third-order valence-electron chi connectivity index (χ3n) is 4.10. The fraction of sp³-hybridized carbons (Fsp3) is 0.500. The summed E-state index contributed by atoms with van der Waals surface area (Å²) in [5, 5.41) is 17.6. The minimum atomic E-state index is -0.418. The summed E-state index contributed by atoms with van der Waals surface area (Å²) in [5.41, 5.74) is 3.59. The third-order valence-corrected chi connectivity index (χ3v) is 4.31. The molecule has 0 heterocycles. The number of nitrogens with zero attached hydrogens (tertiary/aromatic N) is 1. The van der Waals surface area contributed by atoms with Gasteiger partial charge in [-0.2, -0.15) is 5.10 Å². The molecule has 6 heteroatoms. The number of hydrogen-bond acceptors (Lipinski definition) is 3. The van der Waals surface area contributed by atoms with Gasteiger partial charge in [0.2, 0.25) is 0 Å². The highest BCUT2D eigenvalue weighted by Crippen LogP contribution is 2.23. The Balaban J connectivity index is 1.95. The van der Waals surface area contributed by atoms with Crippen molar-refractivity contribution in [2.45, 2.75) is 45.6 Å². The maximum atomic E-state index is 13.2. The minimum absolute atomic E-state index is 0.00997. The Bertz CT molecular complexity index is 577. The summed E-state index contributed by atoms with van der Waals surface area (Å²) < 4.78 is 13.2. The van der Waals surface area contributed by atoms with Crippen molar-refractivity contribution in [3.8, 4) is 5.75 Å². The van der Waals surface area contributed by atoms with E-state index >= 15 is 0 Å². The van der Waals surface area contributed by atoms with Crippen LogP contribution in [0.4, 0.5) is 4.39 Å². The highest BCUT2D eigenvalue weighted by atomic mass is 32.1. The summed E-state index contributed by atoms with van der Waals surface area (Å²) in [7, 11) is 0. The predicted molar refractivity (Wildman–Crippen MR) is 90.6 cm³/mol. The van der Waals surface area contributed by atoms with Gasteiger partial charge in [0.15, 0.2) is 5.11 Å². The van der Waals surface area contributed by atoms with Crippen LogP contribution in [0.3, 0.4) is 0 Å². The maximum absolute atomic E-state index is 13.2. The van der Waals surface area contributed by atoms with E-state index in [1.165, 1.54) is 37.5 Å². The molecule has 4 nitrogen and oxygen atoms in total. The molecule has 0 spiro atoms. The first-order chi connectivity index (χ1) is 10.5. The van der Waals surface area contributed by atoms with E-state index in [0.29, 0.717) is 28.3 Å². The lowest BCUT2D eigenvalue weighted by molar-refractivity contribution is 0.308. The zero-order valence-electron chi connectivity index (χ0n) is 12.9. The molecule has 0 unspecified atom stereocenters. The molecule has 1 saturated carbocycles. The minimum Gasteiger partial charge on any atom is -0.507 e. The average molecular weight is 323 g/mol. The predicted octanol–water partition coefficient (Wildman–Crippen LogP) is 3.30. The van der Waals surface area contributed by atoms with Crippen LogP contribution in [-0.2, 0) is 0 Å². The van der Waals surface area contributed by atoms with Gasteiger partial charge >= 0.3 is 0 Å². The summed E-state index contributed by atoms with van der Waals surface area (Å²) in [4.78, 5) is 0. The van der Waals surface area contributed by atoms with Crippen LogP contribution in [0.25, 0.3) is 0 Å². The molecule has 0 amide bonds. The van der Waals surface area contributed by atoms with Crippen LogP contribution >= 0.6 is 12.2 Å². The second-order valence-corrected chi connectivity index (χ2v) is 6.22. The molecule has 120 valence electrons. The summed E-state index contributed by atoms with van der Waals surface area (Å²) in [6, 6.07) is 4.13. The Morgan fingerprint density at radius 1 is 1.36 bits per heavy atom. The molecule has 0 aromatic heterocycles. The fourth-order valence-electron chi connectivity index (χ4n) is 2.72. The van der Waals surface area contributed by atoms with E-state index in [0.717, 1.165) is 6.42 Å². The van der Waals surface area contributed by atoms with Crippen molar-refractivity contribution in [3.63, 3.8) is 0 Å². The van der Waals surface area contributed by atoms with E-state index in [1.807, 2.05) is 0 Å². The summed E-state index contributed by atoms with van der Waals surface area (Å²) >= 11 is 5.25. The van der Waals surface area contributed by atoms with Crippen LogP contribution in [0, 0.1) is 11.7 Å². The van der Waals surface area contributed by atoms with Crippen LogP contribution < -0.4 is 10.7 Å². The van der Waals surface area contributed by atoms with Crippen LogP contribution in [0.2, 0.25) is 0 Å². The molecule has 0 saturated heterocycles.